The second kappa shape index (κ2) is 7.01. The lowest BCUT2D eigenvalue weighted by molar-refractivity contribution is -0.115. The smallest absolute Gasteiger partial charge is 0.227 e. The minimum atomic E-state index is -0.342. The van der Waals surface area contributed by atoms with Gasteiger partial charge in [-0.05, 0) is 42.7 Å². The first-order chi connectivity index (χ1) is 11.5. The Morgan fingerprint density at radius 3 is 2.33 bits per heavy atom. The molecule has 3 rings (SSSR count). The molecule has 122 valence electrons. The first-order valence-corrected chi connectivity index (χ1v) is 8.74. The van der Waals surface area contributed by atoms with Crippen molar-refractivity contribution in [1.82, 2.24) is 0 Å². The predicted octanol–water partition coefficient (Wildman–Crippen LogP) is 4.08. The number of aryl methyl sites for hydroxylation is 2. The average Bonchev–Trinajstić information content (AvgIpc) is 2.73. The summed E-state index contributed by atoms with van der Waals surface area (Å²) in [5, 5.41) is 0.860. The summed E-state index contributed by atoms with van der Waals surface area (Å²) in [5.74, 6) is -0.119. The van der Waals surface area contributed by atoms with Crippen LogP contribution in [0.15, 0.2) is 52.4 Å². The molecule has 24 heavy (non-hydrogen) atoms. The van der Waals surface area contributed by atoms with Gasteiger partial charge in [-0.1, -0.05) is 30.3 Å². The van der Waals surface area contributed by atoms with Gasteiger partial charge in [-0.25, -0.2) is 4.99 Å². The van der Waals surface area contributed by atoms with Gasteiger partial charge in [0.15, 0.2) is 0 Å². The lowest BCUT2D eigenvalue weighted by atomic mass is 10.1. The maximum absolute atomic E-state index is 11.1. The summed E-state index contributed by atoms with van der Waals surface area (Å²) in [6.45, 7) is 4.14. The Morgan fingerprint density at radius 1 is 1.08 bits per heavy atom. The highest BCUT2D eigenvalue weighted by atomic mass is 32.2. The van der Waals surface area contributed by atoms with Crippen molar-refractivity contribution in [3.8, 4) is 0 Å². The first kappa shape index (κ1) is 16.5. The number of hydrogen-bond donors (Lipinski definition) is 1. The zero-order chi connectivity index (χ0) is 17.1. The second-order valence-electron chi connectivity index (χ2n) is 5.79. The molecule has 0 unspecified atom stereocenters. The fourth-order valence-corrected chi connectivity index (χ4v) is 3.21. The van der Waals surface area contributed by atoms with Crippen LogP contribution in [0.3, 0.4) is 0 Å². The van der Waals surface area contributed by atoms with E-state index >= 15 is 0 Å². The molecule has 2 N–H and O–H groups in total. The van der Waals surface area contributed by atoms with E-state index in [1.807, 2.05) is 36.4 Å². The molecule has 0 spiro atoms. The fourth-order valence-electron chi connectivity index (χ4n) is 2.50. The van der Waals surface area contributed by atoms with Crippen molar-refractivity contribution in [1.29, 1.82) is 0 Å². The number of thioether (sulfide) groups is 1. The van der Waals surface area contributed by atoms with E-state index in [9.17, 15) is 4.79 Å². The van der Waals surface area contributed by atoms with E-state index in [4.69, 9.17) is 15.7 Å². The molecule has 2 aromatic rings. The molecule has 0 saturated carbocycles. The van der Waals surface area contributed by atoms with Crippen molar-refractivity contribution in [2.45, 2.75) is 20.3 Å². The van der Waals surface area contributed by atoms with Crippen LogP contribution in [0, 0.1) is 13.8 Å². The third-order valence-electron chi connectivity index (χ3n) is 3.90. The molecule has 2 aromatic carbocycles. The third-order valence-corrected chi connectivity index (χ3v) is 4.90. The Balaban J connectivity index is 2.08. The molecule has 0 fully saturated rings. The second-order valence-corrected chi connectivity index (χ2v) is 6.84. The van der Waals surface area contributed by atoms with Crippen LogP contribution >= 0.6 is 11.8 Å². The molecule has 4 nitrogen and oxygen atoms in total. The molecule has 0 radical (unpaired) electrons. The summed E-state index contributed by atoms with van der Waals surface area (Å²) in [6, 6.07) is 14.2. The number of nitrogens with two attached hydrogens (primary N) is 1. The van der Waals surface area contributed by atoms with E-state index in [0.717, 1.165) is 27.7 Å². The van der Waals surface area contributed by atoms with Crippen LogP contribution in [0.4, 0.5) is 11.4 Å². The molecule has 0 aliphatic carbocycles. The Morgan fingerprint density at radius 2 is 1.71 bits per heavy atom. The monoisotopic (exact) mass is 337 g/mol. The van der Waals surface area contributed by atoms with Crippen LogP contribution in [0.5, 0.6) is 0 Å². The molecule has 0 saturated heterocycles. The minimum absolute atomic E-state index is 0.223. The predicted molar refractivity (Wildman–Crippen MR) is 102 cm³/mol. The number of carbonyl (C=O) groups excluding carboxylic acids is 1. The molecule has 1 amide bonds. The lowest BCUT2D eigenvalue weighted by Gasteiger charge is -2.06. The molecular formula is C19H19N3OS. The van der Waals surface area contributed by atoms with Crippen molar-refractivity contribution >= 4 is 39.8 Å². The molecule has 1 aliphatic rings. The Hall–Kier alpha value is -2.40. The van der Waals surface area contributed by atoms with Gasteiger partial charge in [0.1, 0.15) is 0 Å². The number of hydrogen-bond acceptors (Lipinski definition) is 4. The summed E-state index contributed by atoms with van der Waals surface area (Å²) in [7, 11) is 0. The average molecular weight is 337 g/mol. The van der Waals surface area contributed by atoms with Crippen molar-refractivity contribution in [3.05, 3.63) is 59.2 Å². The summed E-state index contributed by atoms with van der Waals surface area (Å²) in [4.78, 5) is 20.7. The SMILES string of the molecule is Cc1cc2c(cc1C)N=C(c1ccccc1)CC(SCC(N)=O)=N2. The molecule has 0 aromatic heterocycles. The number of carbonyl (C=O) groups is 1. The topological polar surface area (TPSA) is 67.8 Å². The Labute approximate surface area is 145 Å². The maximum atomic E-state index is 11.1. The van der Waals surface area contributed by atoms with Crippen molar-refractivity contribution < 1.29 is 4.79 Å². The van der Waals surface area contributed by atoms with E-state index in [1.54, 1.807) is 0 Å². The van der Waals surface area contributed by atoms with Crippen LogP contribution in [-0.2, 0) is 4.79 Å². The Kier molecular flexibility index (Phi) is 4.81. The molecule has 0 bridgehead atoms. The summed E-state index contributed by atoms with van der Waals surface area (Å²) >= 11 is 1.39. The Bertz CT molecular complexity index is 841. The molecule has 5 heteroatoms. The van der Waals surface area contributed by atoms with Gasteiger partial charge in [-0.2, -0.15) is 0 Å². The van der Waals surface area contributed by atoms with Crippen molar-refractivity contribution in [2.75, 3.05) is 5.75 Å². The van der Waals surface area contributed by atoms with Gasteiger partial charge in [-0.3, -0.25) is 9.79 Å². The van der Waals surface area contributed by atoms with Gasteiger partial charge in [0.05, 0.1) is 27.9 Å². The summed E-state index contributed by atoms with van der Waals surface area (Å²) < 4.78 is 0. The van der Waals surface area contributed by atoms with E-state index < -0.39 is 0 Å². The van der Waals surface area contributed by atoms with Gasteiger partial charge in [-0.15, -0.1) is 11.8 Å². The summed E-state index contributed by atoms with van der Waals surface area (Å²) in [6.07, 6.45) is 0.592. The number of nitrogens with zero attached hydrogens (tertiary/aromatic N) is 2. The van der Waals surface area contributed by atoms with Gasteiger partial charge in [0.25, 0.3) is 0 Å². The van der Waals surface area contributed by atoms with Gasteiger partial charge >= 0.3 is 0 Å². The highest BCUT2D eigenvalue weighted by Crippen LogP contribution is 2.35. The summed E-state index contributed by atoms with van der Waals surface area (Å²) in [5.41, 5.74) is 11.4. The highest BCUT2D eigenvalue weighted by Gasteiger charge is 2.16. The van der Waals surface area contributed by atoms with E-state index in [1.165, 1.54) is 22.9 Å². The number of primary amides is 1. The highest BCUT2D eigenvalue weighted by molar-refractivity contribution is 8.14. The zero-order valence-electron chi connectivity index (χ0n) is 13.7. The molecular weight excluding hydrogens is 318 g/mol. The number of benzene rings is 2. The normalized spacial score (nSPS) is 13.6. The van der Waals surface area contributed by atoms with Crippen LogP contribution in [-0.4, -0.2) is 22.4 Å². The zero-order valence-corrected chi connectivity index (χ0v) is 14.6. The largest absolute Gasteiger partial charge is 0.369 e. The van der Waals surface area contributed by atoms with Crippen LogP contribution in [0.2, 0.25) is 0 Å². The van der Waals surface area contributed by atoms with E-state index in [2.05, 4.69) is 19.9 Å². The van der Waals surface area contributed by atoms with Gasteiger partial charge in [0, 0.05) is 6.42 Å². The molecule has 1 heterocycles. The number of amides is 1. The van der Waals surface area contributed by atoms with Crippen LogP contribution in [0.1, 0.15) is 23.1 Å². The van der Waals surface area contributed by atoms with Gasteiger partial charge in [0.2, 0.25) is 5.91 Å². The van der Waals surface area contributed by atoms with Crippen LogP contribution in [0.25, 0.3) is 0 Å². The number of fused-ring (bicyclic) bond motifs is 1. The lowest BCUT2D eigenvalue weighted by Crippen LogP contribution is -2.15. The minimum Gasteiger partial charge on any atom is -0.369 e. The number of rotatable bonds is 3. The number of aliphatic imine (C=N–C) groups is 2. The third kappa shape index (κ3) is 3.74. The molecule has 0 atom stereocenters. The van der Waals surface area contributed by atoms with Crippen molar-refractivity contribution in [2.24, 2.45) is 15.7 Å². The van der Waals surface area contributed by atoms with E-state index in [0.29, 0.717) is 6.42 Å². The van der Waals surface area contributed by atoms with Gasteiger partial charge < -0.3 is 5.73 Å². The van der Waals surface area contributed by atoms with E-state index in [-0.39, 0.29) is 11.7 Å². The van der Waals surface area contributed by atoms with Crippen molar-refractivity contribution in [3.63, 3.8) is 0 Å². The maximum Gasteiger partial charge on any atom is 0.227 e. The first-order valence-electron chi connectivity index (χ1n) is 7.76. The quantitative estimate of drug-likeness (QED) is 0.917. The molecule has 1 aliphatic heterocycles. The van der Waals surface area contributed by atoms with Crippen LogP contribution < -0.4 is 5.73 Å². The fraction of sp³-hybridized carbons (Fsp3) is 0.211. The standard InChI is InChI=1S/C19H19N3OS/c1-12-8-16-17(9-13(12)2)22-19(24-11-18(20)23)10-15(21-16)14-6-4-3-5-7-14/h3-9H,10-11H2,1-2H3,(H2,20,23).